The molecule has 2 fully saturated rings. The second kappa shape index (κ2) is 3.81. The van der Waals surface area contributed by atoms with E-state index in [1.54, 1.807) is 0 Å². The molecular weight excluding hydrogens is 208 g/mol. The summed E-state index contributed by atoms with van der Waals surface area (Å²) in [5, 5.41) is 3.53. The molecule has 3 heteroatoms. The average Bonchev–Trinajstić information content (AvgIpc) is 2.56. The first kappa shape index (κ1) is 10.2. The Balaban J connectivity index is 1.86. The molecule has 3 atom stereocenters. The molecule has 1 unspecified atom stereocenters. The third kappa shape index (κ3) is 1.84. The van der Waals surface area contributed by atoms with E-state index in [4.69, 9.17) is 0 Å². The van der Waals surface area contributed by atoms with Crippen LogP contribution in [0.5, 0.6) is 0 Å². The summed E-state index contributed by atoms with van der Waals surface area (Å²) in [6.07, 6.45) is 4.44. The average molecular weight is 223 g/mol. The second-order valence-electron chi connectivity index (χ2n) is 5.01. The number of rotatable bonds is 1. The summed E-state index contributed by atoms with van der Waals surface area (Å²) < 4.78 is 26.3. The first-order valence-corrected chi connectivity index (χ1v) is 5.93. The fourth-order valence-corrected chi connectivity index (χ4v) is 3.14. The lowest BCUT2D eigenvalue weighted by Gasteiger charge is -2.29. The Bertz CT molecular complexity index is 373. The van der Waals surface area contributed by atoms with Crippen molar-refractivity contribution in [2.75, 3.05) is 0 Å². The number of benzene rings is 1. The van der Waals surface area contributed by atoms with Crippen LogP contribution in [0.15, 0.2) is 18.2 Å². The highest BCUT2D eigenvalue weighted by atomic mass is 19.1. The Morgan fingerprint density at radius 3 is 2.06 bits per heavy atom. The summed E-state index contributed by atoms with van der Waals surface area (Å²) in [5.74, 6) is -0.592. The Hall–Kier alpha value is -0.960. The largest absolute Gasteiger partial charge is 0.311 e. The highest BCUT2D eigenvalue weighted by Gasteiger charge is 2.34. The lowest BCUT2D eigenvalue weighted by atomic mass is 9.86. The lowest BCUT2D eigenvalue weighted by Crippen LogP contribution is -2.37. The van der Waals surface area contributed by atoms with Crippen molar-refractivity contribution in [2.24, 2.45) is 0 Å². The molecule has 1 aromatic rings. The molecule has 86 valence electrons. The van der Waals surface area contributed by atoms with Gasteiger partial charge in [0.15, 0.2) is 0 Å². The molecular formula is C13H15F2N. The van der Waals surface area contributed by atoms with Gasteiger partial charge in [-0.25, -0.2) is 8.78 Å². The molecule has 16 heavy (non-hydrogen) atoms. The van der Waals surface area contributed by atoms with E-state index in [2.05, 4.69) is 5.32 Å². The van der Waals surface area contributed by atoms with Crippen molar-refractivity contribution in [2.45, 2.75) is 43.7 Å². The molecule has 0 saturated carbocycles. The topological polar surface area (TPSA) is 12.0 Å². The van der Waals surface area contributed by atoms with E-state index in [1.807, 2.05) is 0 Å². The zero-order valence-electron chi connectivity index (χ0n) is 9.05. The van der Waals surface area contributed by atoms with Gasteiger partial charge < -0.3 is 5.32 Å². The standard InChI is InChI=1S/C13H15F2N/c14-10-3-8(4-11(15)7-10)9-5-12-1-2-13(6-9)16-12/h3-4,7,9,12-13,16H,1-2,5-6H2/t9?,12-,13+. The smallest absolute Gasteiger partial charge is 0.126 e. The molecule has 3 rings (SSSR count). The summed E-state index contributed by atoms with van der Waals surface area (Å²) in [6, 6.07) is 5.01. The van der Waals surface area contributed by atoms with E-state index < -0.39 is 11.6 Å². The number of halogens is 2. The Morgan fingerprint density at radius 2 is 1.50 bits per heavy atom. The molecule has 1 aromatic carbocycles. The van der Waals surface area contributed by atoms with Crippen LogP contribution in [-0.2, 0) is 0 Å². The van der Waals surface area contributed by atoms with Crippen molar-refractivity contribution in [3.05, 3.63) is 35.4 Å². The fourth-order valence-electron chi connectivity index (χ4n) is 3.14. The zero-order valence-corrected chi connectivity index (χ0v) is 9.05. The van der Waals surface area contributed by atoms with Crippen molar-refractivity contribution in [3.63, 3.8) is 0 Å². The molecule has 0 spiro atoms. The van der Waals surface area contributed by atoms with E-state index in [0.29, 0.717) is 18.0 Å². The van der Waals surface area contributed by atoms with E-state index >= 15 is 0 Å². The summed E-state index contributed by atoms with van der Waals surface area (Å²) in [7, 11) is 0. The van der Waals surface area contributed by atoms with Gasteiger partial charge in [0.25, 0.3) is 0 Å². The first-order chi connectivity index (χ1) is 7.70. The van der Waals surface area contributed by atoms with Crippen LogP contribution in [0.3, 0.4) is 0 Å². The molecule has 2 saturated heterocycles. The van der Waals surface area contributed by atoms with Crippen LogP contribution in [-0.4, -0.2) is 12.1 Å². The molecule has 0 aromatic heterocycles. The number of piperidine rings is 1. The minimum absolute atomic E-state index is 0.323. The van der Waals surface area contributed by atoms with Gasteiger partial charge in [-0.05, 0) is 49.3 Å². The van der Waals surface area contributed by atoms with Crippen molar-refractivity contribution in [1.82, 2.24) is 5.32 Å². The van der Waals surface area contributed by atoms with Crippen molar-refractivity contribution in [1.29, 1.82) is 0 Å². The summed E-state index contributed by atoms with van der Waals surface area (Å²) in [4.78, 5) is 0. The molecule has 2 heterocycles. The summed E-state index contributed by atoms with van der Waals surface area (Å²) in [5.41, 5.74) is 0.830. The van der Waals surface area contributed by atoms with Crippen LogP contribution in [0.1, 0.15) is 37.2 Å². The normalized spacial score (nSPS) is 33.0. The SMILES string of the molecule is Fc1cc(F)cc(C2C[C@H]3CC[C@@H](C2)N3)c1. The molecule has 0 radical (unpaired) electrons. The monoisotopic (exact) mass is 223 g/mol. The van der Waals surface area contributed by atoms with Crippen LogP contribution < -0.4 is 5.32 Å². The maximum atomic E-state index is 13.1. The summed E-state index contributed by atoms with van der Waals surface area (Å²) >= 11 is 0. The third-order valence-corrected chi connectivity index (χ3v) is 3.83. The molecule has 0 aliphatic carbocycles. The lowest BCUT2D eigenvalue weighted by molar-refractivity contribution is 0.361. The van der Waals surface area contributed by atoms with E-state index in [9.17, 15) is 8.78 Å². The van der Waals surface area contributed by atoms with Gasteiger partial charge in [0.05, 0.1) is 0 Å². The van der Waals surface area contributed by atoms with E-state index in [-0.39, 0.29) is 0 Å². The van der Waals surface area contributed by atoms with Gasteiger partial charge in [-0.15, -0.1) is 0 Å². The van der Waals surface area contributed by atoms with Gasteiger partial charge in [-0.1, -0.05) is 0 Å². The minimum Gasteiger partial charge on any atom is -0.311 e. The molecule has 2 aliphatic rings. The zero-order chi connectivity index (χ0) is 11.1. The number of nitrogens with one attached hydrogen (secondary N) is 1. The highest BCUT2D eigenvalue weighted by molar-refractivity contribution is 5.23. The molecule has 2 aliphatic heterocycles. The first-order valence-electron chi connectivity index (χ1n) is 5.93. The van der Waals surface area contributed by atoms with Crippen molar-refractivity contribution >= 4 is 0 Å². The maximum absolute atomic E-state index is 13.1. The van der Waals surface area contributed by atoms with Crippen LogP contribution in [0.25, 0.3) is 0 Å². The molecule has 1 nitrogen and oxygen atoms in total. The maximum Gasteiger partial charge on any atom is 0.126 e. The van der Waals surface area contributed by atoms with Gasteiger partial charge in [0.1, 0.15) is 11.6 Å². The van der Waals surface area contributed by atoms with Crippen LogP contribution in [0.4, 0.5) is 8.78 Å². The predicted octanol–water partition coefficient (Wildman–Crippen LogP) is 2.96. The molecule has 1 N–H and O–H groups in total. The van der Waals surface area contributed by atoms with Crippen LogP contribution >= 0.6 is 0 Å². The Morgan fingerprint density at radius 1 is 0.938 bits per heavy atom. The number of hydrogen-bond acceptors (Lipinski definition) is 1. The minimum atomic E-state index is -0.458. The fraction of sp³-hybridized carbons (Fsp3) is 0.538. The third-order valence-electron chi connectivity index (χ3n) is 3.83. The Labute approximate surface area is 93.9 Å². The van der Waals surface area contributed by atoms with Crippen LogP contribution in [0.2, 0.25) is 0 Å². The molecule has 0 amide bonds. The van der Waals surface area contributed by atoms with Gasteiger partial charge in [0, 0.05) is 18.2 Å². The van der Waals surface area contributed by atoms with Gasteiger partial charge >= 0.3 is 0 Å². The quantitative estimate of drug-likeness (QED) is 0.771. The predicted molar refractivity (Wildman–Crippen MR) is 58.3 cm³/mol. The number of hydrogen-bond donors (Lipinski definition) is 1. The van der Waals surface area contributed by atoms with E-state index in [1.165, 1.54) is 25.0 Å². The second-order valence-corrected chi connectivity index (χ2v) is 5.01. The Kier molecular flexibility index (Phi) is 2.43. The highest BCUT2D eigenvalue weighted by Crippen LogP contribution is 2.37. The van der Waals surface area contributed by atoms with Crippen molar-refractivity contribution in [3.8, 4) is 0 Å². The van der Waals surface area contributed by atoms with Gasteiger partial charge in [-0.2, -0.15) is 0 Å². The van der Waals surface area contributed by atoms with E-state index in [0.717, 1.165) is 24.5 Å². The van der Waals surface area contributed by atoms with Gasteiger partial charge in [-0.3, -0.25) is 0 Å². The van der Waals surface area contributed by atoms with Gasteiger partial charge in [0.2, 0.25) is 0 Å². The number of fused-ring (bicyclic) bond motifs is 2. The van der Waals surface area contributed by atoms with Crippen LogP contribution in [0, 0.1) is 11.6 Å². The molecule has 2 bridgehead atoms. The summed E-state index contributed by atoms with van der Waals surface area (Å²) in [6.45, 7) is 0. The van der Waals surface area contributed by atoms with Crippen molar-refractivity contribution < 1.29 is 8.78 Å².